The van der Waals surface area contributed by atoms with E-state index in [0.717, 1.165) is 6.67 Å². The van der Waals surface area contributed by atoms with Gasteiger partial charge in [-0.15, -0.1) is 0 Å². The van der Waals surface area contributed by atoms with E-state index >= 15 is 0 Å². The molecule has 0 aliphatic carbocycles. The van der Waals surface area contributed by atoms with Gasteiger partial charge in [-0.1, -0.05) is 6.92 Å². The summed E-state index contributed by atoms with van der Waals surface area (Å²) in [5.74, 6) is 0. The van der Waals surface area contributed by atoms with Gasteiger partial charge >= 0.3 is 0 Å². The summed E-state index contributed by atoms with van der Waals surface area (Å²) in [4.78, 5) is 0. The van der Waals surface area contributed by atoms with E-state index in [-0.39, 0.29) is 6.42 Å². The van der Waals surface area contributed by atoms with Crippen LogP contribution in [0.1, 0.15) is 13.3 Å². The van der Waals surface area contributed by atoms with Crippen LogP contribution < -0.4 is 0 Å². The van der Waals surface area contributed by atoms with Gasteiger partial charge in [0.05, 0.1) is 0 Å². The van der Waals surface area contributed by atoms with E-state index in [9.17, 15) is 8.78 Å². The number of hydrogen-bond donors (Lipinski definition) is 0. The van der Waals surface area contributed by atoms with E-state index in [1.54, 1.807) is 6.92 Å². The molecule has 0 rings (SSSR count). The molecule has 6 heavy (non-hydrogen) atoms. The van der Waals surface area contributed by atoms with Crippen molar-refractivity contribution in [2.45, 2.75) is 19.5 Å². The van der Waals surface area contributed by atoms with Crippen molar-refractivity contribution in [3.05, 3.63) is 6.67 Å². The fourth-order valence-electron chi connectivity index (χ4n) is 0.0772. The molecule has 0 N–H and O–H groups in total. The first kappa shape index (κ1) is 5.86. The summed E-state index contributed by atoms with van der Waals surface area (Å²) in [5.41, 5.74) is 0. The highest BCUT2D eigenvalue weighted by Crippen LogP contribution is 1.99. The van der Waals surface area contributed by atoms with Crippen LogP contribution in [-0.4, -0.2) is 6.17 Å². The van der Waals surface area contributed by atoms with Gasteiger partial charge in [-0.3, -0.25) is 0 Å². The van der Waals surface area contributed by atoms with Crippen molar-refractivity contribution in [1.82, 2.24) is 0 Å². The van der Waals surface area contributed by atoms with Crippen LogP contribution in [0.15, 0.2) is 0 Å². The first-order valence-corrected chi connectivity index (χ1v) is 1.81. The summed E-state index contributed by atoms with van der Waals surface area (Å²) in [6, 6.07) is 0. The lowest BCUT2D eigenvalue weighted by atomic mass is 10.3. The van der Waals surface area contributed by atoms with Crippen molar-refractivity contribution in [3.63, 3.8) is 0 Å². The van der Waals surface area contributed by atoms with E-state index in [0.29, 0.717) is 0 Å². The molecule has 1 unspecified atom stereocenters. The average Bonchev–Trinajstić information content (AvgIpc) is 1.65. The third kappa shape index (κ3) is 2.12. The molecule has 0 aliphatic heterocycles. The van der Waals surface area contributed by atoms with Crippen molar-refractivity contribution in [2.24, 2.45) is 0 Å². The quantitative estimate of drug-likeness (QED) is 0.486. The Labute approximate surface area is 36.2 Å². The number of rotatable bonds is 2. The molecule has 0 spiro atoms. The molecule has 0 saturated heterocycles. The lowest BCUT2D eigenvalue weighted by Gasteiger charge is -1.89. The minimum atomic E-state index is -1.48. The molecule has 0 amide bonds. The predicted molar refractivity (Wildman–Crippen MR) is 19.5 cm³/mol. The van der Waals surface area contributed by atoms with Crippen LogP contribution in [0.25, 0.3) is 0 Å². The Morgan fingerprint density at radius 3 is 2.33 bits per heavy atom. The normalized spacial score (nSPS) is 14.5. The fraction of sp³-hybridized carbons (Fsp3) is 0.750. The molecule has 0 bridgehead atoms. The topological polar surface area (TPSA) is 0 Å². The van der Waals surface area contributed by atoms with E-state index < -0.39 is 6.17 Å². The third-order valence-electron chi connectivity index (χ3n) is 0.477. The summed E-state index contributed by atoms with van der Waals surface area (Å²) in [7, 11) is 0. The van der Waals surface area contributed by atoms with Crippen LogP contribution >= 0.6 is 0 Å². The first-order chi connectivity index (χ1) is 2.81. The number of alkyl halides is 1. The molecule has 0 aliphatic rings. The van der Waals surface area contributed by atoms with Gasteiger partial charge in [0.1, 0.15) is 6.17 Å². The molecular weight excluding hydrogens is 86.0 g/mol. The van der Waals surface area contributed by atoms with Gasteiger partial charge in [-0.2, -0.15) is 0 Å². The van der Waals surface area contributed by atoms with E-state index in [4.69, 9.17) is 0 Å². The second-order valence-corrected chi connectivity index (χ2v) is 0.985. The molecule has 0 fully saturated rings. The molecule has 2 heteroatoms. The molecular formula is C4H6F2. The van der Waals surface area contributed by atoms with Gasteiger partial charge in [0.15, 0.2) is 0 Å². The molecule has 0 saturated carbocycles. The minimum absolute atomic E-state index is 0.177. The zero-order chi connectivity index (χ0) is 4.99. The third-order valence-corrected chi connectivity index (χ3v) is 0.477. The Hall–Kier alpha value is -0.140. The highest BCUT2D eigenvalue weighted by atomic mass is 19.2. The molecule has 0 aromatic rings. The summed E-state index contributed by atoms with van der Waals surface area (Å²) in [6.07, 6.45) is -1.30. The predicted octanol–water partition coefficient (Wildman–Crippen LogP) is 1.74. The van der Waals surface area contributed by atoms with E-state index in [1.165, 1.54) is 0 Å². The Bertz CT molecular complexity index is 24.7. The molecule has 36 valence electrons. The first-order valence-electron chi connectivity index (χ1n) is 1.81. The Balaban J connectivity index is 2.75. The Morgan fingerprint density at radius 1 is 1.83 bits per heavy atom. The van der Waals surface area contributed by atoms with E-state index in [1.807, 2.05) is 0 Å². The monoisotopic (exact) mass is 92.0 g/mol. The maximum absolute atomic E-state index is 11.4. The van der Waals surface area contributed by atoms with Crippen molar-refractivity contribution in [3.8, 4) is 0 Å². The SMILES string of the molecule is CCC(F)[C]F. The highest BCUT2D eigenvalue weighted by molar-refractivity contribution is 4.59. The maximum atomic E-state index is 11.4. The molecule has 2 radical (unpaired) electrons. The van der Waals surface area contributed by atoms with E-state index in [2.05, 4.69) is 0 Å². The number of hydrogen-bond acceptors (Lipinski definition) is 0. The van der Waals surface area contributed by atoms with Gasteiger partial charge < -0.3 is 0 Å². The lowest BCUT2D eigenvalue weighted by Crippen LogP contribution is -1.91. The van der Waals surface area contributed by atoms with Gasteiger partial charge in [-0.25, -0.2) is 8.78 Å². The van der Waals surface area contributed by atoms with Gasteiger partial charge in [0.2, 0.25) is 6.67 Å². The lowest BCUT2D eigenvalue weighted by molar-refractivity contribution is 0.310. The van der Waals surface area contributed by atoms with Gasteiger partial charge in [0, 0.05) is 0 Å². The van der Waals surface area contributed by atoms with Gasteiger partial charge in [-0.05, 0) is 6.42 Å². The largest absolute Gasteiger partial charge is 0.244 e. The molecule has 0 heterocycles. The Kier molecular flexibility index (Phi) is 2.99. The minimum Gasteiger partial charge on any atom is -0.244 e. The van der Waals surface area contributed by atoms with Crippen LogP contribution in [0, 0.1) is 6.67 Å². The fourth-order valence-corrected chi connectivity index (χ4v) is 0.0772. The zero-order valence-corrected chi connectivity index (χ0v) is 3.54. The Morgan fingerprint density at radius 2 is 2.33 bits per heavy atom. The van der Waals surface area contributed by atoms with Crippen LogP contribution in [0.2, 0.25) is 0 Å². The smallest absolute Gasteiger partial charge is 0.221 e. The molecule has 0 aromatic heterocycles. The van der Waals surface area contributed by atoms with Crippen molar-refractivity contribution >= 4 is 0 Å². The summed E-state index contributed by atoms with van der Waals surface area (Å²) in [6.45, 7) is 2.50. The molecule has 0 nitrogen and oxygen atoms in total. The van der Waals surface area contributed by atoms with Crippen LogP contribution in [-0.2, 0) is 0 Å². The highest BCUT2D eigenvalue weighted by Gasteiger charge is 2.00. The van der Waals surface area contributed by atoms with Gasteiger partial charge in [0.25, 0.3) is 0 Å². The molecule has 0 aromatic carbocycles. The van der Waals surface area contributed by atoms with Crippen LogP contribution in [0.4, 0.5) is 8.78 Å². The standard InChI is InChI=1S/C4H6F2/c1-2-4(6)3-5/h4H,2H2,1H3. The number of halogens is 2. The summed E-state index contributed by atoms with van der Waals surface area (Å²) < 4.78 is 22.1. The van der Waals surface area contributed by atoms with Crippen molar-refractivity contribution in [1.29, 1.82) is 0 Å². The van der Waals surface area contributed by atoms with Crippen molar-refractivity contribution < 1.29 is 8.78 Å². The zero-order valence-electron chi connectivity index (χ0n) is 3.54. The average molecular weight is 92.1 g/mol. The molecule has 1 atom stereocenters. The summed E-state index contributed by atoms with van der Waals surface area (Å²) >= 11 is 0. The summed E-state index contributed by atoms with van der Waals surface area (Å²) in [5, 5.41) is 0. The van der Waals surface area contributed by atoms with Crippen LogP contribution in [0.3, 0.4) is 0 Å². The maximum Gasteiger partial charge on any atom is 0.221 e. The second kappa shape index (κ2) is 3.07. The second-order valence-electron chi connectivity index (χ2n) is 0.985. The van der Waals surface area contributed by atoms with Crippen molar-refractivity contribution in [2.75, 3.05) is 0 Å². The van der Waals surface area contributed by atoms with Crippen LogP contribution in [0.5, 0.6) is 0 Å².